The van der Waals surface area contributed by atoms with Crippen molar-refractivity contribution >= 4 is 55.0 Å². The van der Waals surface area contributed by atoms with Gasteiger partial charge in [0.1, 0.15) is 11.4 Å². The average molecular weight is 597 g/mol. The van der Waals surface area contributed by atoms with E-state index in [1.807, 2.05) is 39.7 Å². The Bertz CT molecular complexity index is 2370. The van der Waals surface area contributed by atoms with Gasteiger partial charge in [0.15, 0.2) is 0 Å². The van der Waals surface area contributed by atoms with Gasteiger partial charge < -0.3 is 0 Å². The summed E-state index contributed by atoms with van der Waals surface area (Å²) in [5.74, 6) is 0. The molecule has 2 aromatic heterocycles. The lowest BCUT2D eigenvalue weighted by atomic mass is 10.0. The molecule has 9 aromatic rings. The van der Waals surface area contributed by atoms with Crippen molar-refractivity contribution in [2.75, 3.05) is 0 Å². The first-order chi connectivity index (χ1) is 22.3. The number of hydrogen-bond donors (Lipinski definition) is 0. The minimum atomic E-state index is 0.576. The predicted molar refractivity (Wildman–Crippen MR) is 187 cm³/mol. The fourth-order valence-electron chi connectivity index (χ4n) is 6.58. The lowest BCUT2D eigenvalue weighted by Gasteiger charge is -2.12. The first-order valence-electron chi connectivity index (χ1n) is 15.0. The summed E-state index contributed by atoms with van der Waals surface area (Å²) in [5, 5.41) is 17.9. The molecule has 5 heteroatoms. The van der Waals surface area contributed by atoms with Gasteiger partial charge in [0.25, 0.3) is 0 Å². The van der Waals surface area contributed by atoms with Crippen LogP contribution >= 0.6 is 11.6 Å². The molecule has 0 radical (unpaired) electrons. The number of nitrogens with zero attached hydrogens (tertiary/aromatic N) is 4. The number of hydrogen-bond acceptors (Lipinski definition) is 2. The number of rotatable bonds is 4. The molecule has 0 amide bonds. The van der Waals surface area contributed by atoms with Crippen LogP contribution in [0, 0.1) is 0 Å². The standard InChI is InChI=1S/C40H25ClN4/c41-38-34(44-32-24-22-26-12-7-9-18-30(26)36(32)39(42-44)28-14-3-1-4-15-28)20-11-21-35(38)45-33-25-23-27-13-8-10-19-31(27)37(33)40(43-45)29-16-5-2-6-17-29/h1-25H. The molecule has 0 aliphatic heterocycles. The molecule has 9 rings (SSSR count). The zero-order valence-electron chi connectivity index (χ0n) is 24.1. The van der Waals surface area contributed by atoms with Crippen molar-refractivity contribution in [2.24, 2.45) is 0 Å². The van der Waals surface area contributed by atoms with E-state index in [0.29, 0.717) is 5.02 Å². The molecule has 4 nitrogen and oxygen atoms in total. The molecule has 0 saturated carbocycles. The molecule has 0 unspecified atom stereocenters. The van der Waals surface area contributed by atoms with Crippen LogP contribution in [-0.4, -0.2) is 19.6 Å². The normalized spacial score (nSPS) is 11.7. The molecule has 0 N–H and O–H groups in total. The van der Waals surface area contributed by atoms with E-state index in [1.165, 1.54) is 10.8 Å². The van der Waals surface area contributed by atoms with E-state index in [4.69, 9.17) is 21.8 Å². The summed E-state index contributed by atoms with van der Waals surface area (Å²) in [7, 11) is 0. The van der Waals surface area contributed by atoms with Crippen molar-refractivity contribution in [3.63, 3.8) is 0 Å². The Hall–Kier alpha value is -5.71. The minimum Gasteiger partial charge on any atom is -0.231 e. The van der Waals surface area contributed by atoms with Gasteiger partial charge in [-0.15, -0.1) is 0 Å². The Morgan fingerprint density at radius 1 is 0.400 bits per heavy atom. The van der Waals surface area contributed by atoms with Crippen LogP contribution in [0.15, 0.2) is 152 Å². The summed E-state index contributed by atoms with van der Waals surface area (Å²) in [5.41, 5.74) is 7.53. The van der Waals surface area contributed by atoms with Gasteiger partial charge in [-0.1, -0.05) is 139 Å². The maximum atomic E-state index is 7.40. The highest BCUT2D eigenvalue weighted by atomic mass is 35.5. The lowest BCUT2D eigenvalue weighted by Crippen LogP contribution is -2.03. The van der Waals surface area contributed by atoms with E-state index >= 15 is 0 Å². The second-order valence-electron chi connectivity index (χ2n) is 11.2. The predicted octanol–water partition coefficient (Wildman–Crippen LogP) is 10.7. The molecule has 0 atom stereocenters. The first-order valence-corrected chi connectivity index (χ1v) is 15.4. The molecule has 7 aromatic carbocycles. The van der Waals surface area contributed by atoms with Crippen molar-refractivity contribution in [1.29, 1.82) is 0 Å². The number of aromatic nitrogens is 4. The quantitative estimate of drug-likeness (QED) is 0.202. The zero-order valence-corrected chi connectivity index (χ0v) is 24.9. The summed E-state index contributed by atoms with van der Waals surface area (Å²) in [6.45, 7) is 0. The summed E-state index contributed by atoms with van der Waals surface area (Å²) < 4.78 is 3.96. The third kappa shape index (κ3) is 4.00. The van der Waals surface area contributed by atoms with Gasteiger partial charge in [-0.25, -0.2) is 9.36 Å². The van der Waals surface area contributed by atoms with Crippen molar-refractivity contribution in [2.45, 2.75) is 0 Å². The number of benzene rings is 7. The van der Waals surface area contributed by atoms with Crippen LogP contribution in [0.25, 0.3) is 77.2 Å². The molecule has 0 aliphatic carbocycles. The molecule has 2 heterocycles. The second-order valence-corrected chi connectivity index (χ2v) is 11.6. The van der Waals surface area contributed by atoms with E-state index in [-0.39, 0.29) is 0 Å². The Balaban J connectivity index is 1.32. The second kappa shape index (κ2) is 10.2. The molecule has 0 fully saturated rings. The van der Waals surface area contributed by atoms with Gasteiger partial charge >= 0.3 is 0 Å². The van der Waals surface area contributed by atoms with Gasteiger partial charge in [-0.05, 0) is 45.8 Å². The maximum absolute atomic E-state index is 7.40. The molecule has 0 saturated heterocycles. The van der Waals surface area contributed by atoms with Crippen molar-refractivity contribution < 1.29 is 0 Å². The topological polar surface area (TPSA) is 35.6 Å². The monoisotopic (exact) mass is 596 g/mol. The summed E-state index contributed by atoms with van der Waals surface area (Å²) >= 11 is 7.40. The van der Waals surface area contributed by atoms with Crippen LogP contribution < -0.4 is 0 Å². The molecule has 0 bridgehead atoms. The average Bonchev–Trinajstić information content (AvgIpc) is 3.69. The molecule has 0 spiro atoms. The van der Waals surface area contributed by atoms with E-state index in [2.05, 4.69) is 121 Å². The molecule has 45 heavy (non-hydrogen) atoms. The fourth-order valence-corrected chi connectivity index (χ4v) is 6.86. The van der Waals surface area contributed by atoms with Crippen molar-refractivity contribution in [3.8, 4) is 33.9 Å². The van der Waals surface area contributed by atoms with Gasteiger partial charge in [0.05, 0.1) is 27.4 Å². The smallest absolute Gasteiger partial charge is 0.101 e. The molecule has 0 aliphatic rings. The Morgan fingerprint density at radius 3 is 1.29 bits per heavy atom. The highest BCUT2D eigenvalue weighted by Crippen LogP contribution is 2.40. The van der Waals surface area contributed by atoms with Crippen LogP contribution in [-0.2, 0) is 0 Å². The summed E-state index contributed by atoms with van der Waals surface area (Å²) in [6.07, 6.45) is 0. The largest absolute Gasteiger partial charge is 0.231 e. The minimum absolute atomic E-state index is 0.576. The van der Waals surface area contributed by atoms with Gasteiger partial charge in [-0.3, -0.25) is 0 Å². The SMILES string of the molecule is Clc1c(-n2nc(-c3ccccc3)c3c4ccccc4ccc32)cccc1-n1nc(-c2ccccc2)c2c3ccccc3ccc21. The maximum Gasteiger partial charge on any atom is 0.101 e. The molecular formula is C40H25ClN4. The van der Waals surface area contributed by atoms with Crippen LogP contribution in [0.2, 0.25) is 5.02 Å². The van der Waals surface area contributed by atoms with E-state index in [9.17, 15) is 0 Å². The molecule has 212 valence electrons. The number of fused-ring (bicyclic) bond motifs is 6. The van der Waals surface area contributed by atoms with Crippen LogP contribution in [0.3, 0.4) is 0 Å². The molecular weight excluding hydrogens is 572 g/mol. The Kier molecular flexibility index (Phi) is 5.83. The highest BCUT2D eigenvalue weighted by Gasteiger charge is 2.22. The van der Waals surface area contributed by atoms with E-state index in [0.717, 1.165) is 66.5 Å². The lowest BCUT2D eigenvalue weighted by molar-refractivity contribution is 0.890. The first kappa shape index (κ1) is 25.8. The van der Waals surface area contributed by atoms with Gasteiger partial charge in [0, 0.05) is 21.9 Å². The van der Waals surface area contributed by atoms with E-state index in [1.54, 1.807) is 0 Å². The zero-order chi connectivity index (χ0) is 29.9. The number of halogens is 1. The summed E-state index contributed by atoms with van der Waals surface area (Å²) in [4.78, 5) is 0. The van der Waals surface area contributed by atoms with E-state index < -0.39 is 0 Å². The summed E-state index contributed by atoms with van der Waals surface area (Å²) in [6, 6.07) is 52.3. The highest BCUT2D eigenvalue weighted by molar-refractivity contribution is 6.34. The van der Waals surface area contributed by atoms with Crippen LogP contribution in [0.4, 0.5) is 0 Å². The Labute approximate surface area is 264 Å². The van der Waals surface area contributed by atoms with Crippen molar-refractivity contribution in [1.82, 2.24) is 19.6 Å². The van der Waals surface area contributed by atoms with Crippen LogP contribution in [0.5, 0.6) is 0 Å². The third-order valence-electron chi connectivity index (χ3n) is 8.65. The van der Waals surface area contributed by atoms with Gasteiger partial charge in [-0.2, -0.15) is 10.2 Å². The van der Waals surface area contributed by atoms with Gasteiger partial charge in [0.2, 0.25) is 0 Å². The van der Waals surface area contributed by atoms with Crippen molar-refractivity contribution in [3.05, 3.63) is 157 Å². The third-order valence-corrected chi connectivity index (χ3v) is 9.04. The Morgan fingerprint density at radius 2 is 0.822 bits per heavy atom. The fraction of sp³-hybridized carbons (Fsp3) is 0. The van der Waals surface area contributed by atoms with Crippen LogP contribution in [0.1, 0.15) is 0 Å².